The first kappa shape index (κ1) is 10.2. The summed E-state index contributed by atoms with van der Waals surface area (Å²) < 4.78 is 0. The number of hydrogen-bond acceptors (Lipinski definition) is 3. The van der Waals surface area contributed by atoms with Gasteiger partial charge in [-0.05, 0) is 32.0 Å². The van der Waals surface area contributed by atoms with Crippen molar-refractivity contribution in [1.29, 1.82) is 0 Å². The summed E-state index contributed by atoms with van der Waals surface area (Å²) in [7, 11) is 0. The van der Waals surface area contributed by atoms with Crippen LogP contribution < -0.4 is 5.43 Å². The van der Waals surface area contributed by atoms with Crippen molar-refractivity contribution in [2.75, 3.05) is 0 Å². The van der Waals surface area contributed by atoms with Crippen molar-refractivity contribution in [2.24, 2.45) is 5.10 Å². The predicted octanol–water partition coefficient (Wildman–Crippen LogP) is 1.52. The van der Waals surface area contributed by atoms with Crippen LogP contribution >= 0.6 is 0 Å². The molecule has 0 atom stereocenters. The number of nitrogens with zero attached hydrogens (tertiary/aromatic N) is 1. The molecule has 1 aromatic rings. The van der Waals surface area contributed by atoms with Crippen LogP contribution in [0.4, 0.5) is 0 Å². The van der Waals surface area contributed by atoms with Gasteiger partial charge in [0.15, 0.2) is 0 Å². The predicted molar refractivity (Wildman–Crippen MR) is 54.4 cm³/mol. The normalized spacial score (nSPS) is 9.29. The molecule has 0 aliphatic heterocycles. The number of carbonyl (C=O) groups excluding carboxylic acids is 1. The molecule has 0 unspecified atom stereocenters. The van der Waals surface area contributed by atoms with Gasteiger partial charge in [0, 0.05) is 11.3 Å². The summed E-state index contributed by atoms with van der Waals surface area (Å²) in [6.07, 6.45) is 0. The average molecular weight is 192 g/mol. The van der Waals surface area contributed by atoms with Crippen LogP contribution in [0.5, 0.6) is 5.75 Å². The van der Waals surface area contributed by atoms with Crippen LogP contribution in [0, 0.1) is 0 Å². The highest BCUT2D eigenvalue weighted by Crippen LogP contribution is 2.10. The number of phenols is 1. The first-order chi connectivity index (χ1) is 6.59. The van der Waals surface area contributed by atoms with Crippen molar-refractivity contribution >= 4 is 11.6 Å². The van der Waals surface area contributed by atoms with E-state index in [2.05, 4.69) is 10.5 Å². The molecular weight excluding hydrogens is 180 g/mol. The quantitative estimate of drug-likeness (QED) is 0.551. The Bertz CT molecular complexity index is 368. The van der Waals surface area contributed by atoms with E-state index in [4.69, 9.17) is 5.11 Å². The first-order valence-corrected chi connectivity index (χ1v) is 4.20. The molecule has 0 aromatic heterocycles. The molecule has 14 heavy (non-hydrogen) atoms. The van der Waals surface area contributed by atoms with Crippen LogP contribution in [0.3, 0.4) is 0 Å². The van der Waals surface area contributed by atoms with Gasteiger partial charge in [0.1, 0.15) is 5.75 Å². The van der Waals surface area contributed by atoms with Gasteiger partial charge < -0.3 is 5.11 Å². The number of aromatic hydroxyl groups is 1. The van der Waals surface area contributed by atoms with Gasteiger partial charge in [-0.3, -0.25) is 4.79 Å². The highest BCUT2D eigenvalue weighted by Gasteiger charge is 2.03. The maximum Gasteiger partial charge on any atom is 0.271 e. The van der Waals surface area contributed by atoms with E-state index in [0.717, 1.165) is 5.71 Å². The lowest BCUT2D eigenvalue weighted by Gasteiger charge is -2.00. The van der Waals surface area contributed by atoms with Gasteiger partial charge in [0.2, 0.25) is 0 Å². The number of nitrogens with one attached hydrogen (secondary N) is 1. The lowest BCUT2D eigenvalue weighted by atomic mass is 10.2. The zero-order valence-corrected chi connectivity index (χ0v) is 8.11. The van der Waals surface area contributed by atoms with Gasteiger partial charge >= 0.3 is 0 Å². The molecule has 0 heterocycles. The molecule has 4 heteroatoms. The van der Waals surface area contributed by atoms with Crippen molar-refractivity contribution in [3.05, 3.63) is 29.8 Å². The van der Waals surface area contributed by atoms with Crippen molar-refractivity contribution in [3.8, 4) is 5.75 Å². The number of hydrogen-bond donors (Lipinski definition) is 2. The molecule has 2 N–H and O–H groups in total. The fourth-order valence-corrected chi connectivity index (χ4v) is 0.874. The molecule has 1 aromatic carbocycles. The first-order valence-electron chi connectivity index (χ1n) is 4.20. The molecule has 0 bridgehead atoms. The number of hydrazone groups is 1. The minimum Gasteiger partial charge on any atom is -0.508 e. The molecule has 0 aliphatic carbocycles. The number of rotatable bonds is 2. The van der Waals surface area contributed by atoms with E-state index in [-0.39, 0.29) is 11.7 Å². The summed E-state index contributed by atoms with van der Waals surface area (Å²) in [4.78, 5) is 11.4. The van der Waals surface area contributed by atoms with Gasteiger partial charge in [-0.1, -0.05) is 6.07 Å². The van der Waals surface area contributed by atoms with Crippen molar-refractivity contribution in [2.45, 2.75) is 13.8 Å². The molecule has 0 saturated carbocycles. The molecule has 4 nitrogen and oxygen atoms in total. The van der Waals surface area contributed by atoms with Gasteiger partial charge in [0.05, 0.1) is 0 Å². The molecular formula is C10H12N2O2. The minimum atomic E-state index is -0.331. The Morgan fingerprint density at radius 1 is 1.43 bits per heavy atom. The summed E-state index contributed by atoms with van der Waals surface area (Å²) in [5.41, 5.74) is 3.51. The smallest absolute Gasteiger partial charge is 0.271 e. The van der Waals surface area contributed by atoms with Gasteiger partial charge in [-0.15, -0.1) is 0 Å². The van der Waals surface area contributed by atoms with Crippen LogP contribution in [0.1, 0.15) is 24.2 Å². The second kappa shape index (κ2) is 4.41. The van der Waals surface area contributed by atoms with Crippen LogP contribution in [0.2, 0.25) is 0 Å². The molecule has 0 saturated heterocycles. The summed E-state index contributed by atoms with van der Waals surface area (Å²) >= 11 is 0. The number of phenolic OH excluding ortho intramolecular Hbond substituents is 1. The lowest BCUT2D eigenvalue weighted by molar-refractivity contribution is 0.0954. The molecule has 1 amide bonds. The molecule has 1 rings (SSSR count). The lowest BCUT2D eigenvalue weighted by Crippen LogP contribution is -2.18. The maximum atomic E-state index is 11.4. The average Bonchev–Trinajstić information content (AvgIpc) is 2.14. The number of carbonyl (C=O) groups is 1. The Morgan fingerprint density at radius 2 is 2.14 bits per heavy atom. The van der Waals surface area contributed by atoms with E-state index in [0.29, 0.717) is 5.56 Å². The standard InChI is InChI=1S/C10H12N2O2/c1-7(2)11-12-10(14)8-4-3-5-9(13)6-8/h3-6,13H,1-2H3,(H,12,14). The topological polar surface area (TPSA) is 61.7 Å². The van der Waals surface area contributed by atoms with Crippen LogP contribution in [0.25, 0.3) is 0 Å². The van der Waals surface area contributed by atoms with E-state index >= 15 is 0 Å². The Balaban J connectivity index is 2.75. The Morgan fingerprint density at radius 3 is 2.71 bits per heavy atom. The highest BCUT2D eigenvalue weighted by atomic mass is 16.3. The van der Waals surface area contributed by atoms with E-state index in [1.54, 1.807) is 26.0 Å². The second-order valence-corrected chi connectivity index (χ2v) is 3.05. The summed E-state index contributed by atoms with van der Waals surface area (Å²) in [5.74, 6) is -0.267. The summed E-state index contributed by atoms with van der Waals surface area (Å²) in [5, 5.41) is 12.9. The van der Waals surface area contributed by atoms with Gasteiger partial charge in [-0.2, -0.15) is 5.10 Å². The van der Waals surface area contributed by atoms with Crippen LogP contribution in [0.15, 0.2) is 29.4 Å². The van der Waals surface area contributed by atoms with Gasteiger partial charge in [-0.25, -0.2) is 5.43 Å². The van der Waals surface area contributed by atoms with E-state index in [9.17, 15) is 4.79 Å². The number of benzene rings is 1. The van der Waals surface area contributed by atoms with Gasteiger partial charge in [0.25, 0.3) is 5.91 Å². The van der Waals surface area contributed by atoms with Crippen LogP contribution in [-0.4, -0.2) is 16.7 Å². The maximum absolute atomic E-state index is 11.4. The van der Waals surface area contributed by atoms with Crippen molar-refractivity contribution in [3.63, 3.8) is 0 Å². The second-order valence-electron chi connectivity index (χ2n) is 3.05. The zero-order valence-electron chi connectivity index (χ0n) is 8.11. The highest BCUT2D eigenvalue weighted by molar-refractivity contribution is 5.95. The Labute approximate surface area is 82.3 Å². The zero-order chi connectivity index (χ0) is 10.6. The van der Waals surface area contributed by atoms with E-state index < -0.39 is 0 Å². The molecule has 0 spiro atoms. The minimum absolute atomic E-state index is 0.0647. The summed E-state index contributed by atoms with van der Waals surface area (Å²) in [6, 6.07) is 6.10. The third-order valence-corrected chi connectivity index (χ3v) is 1.49. The molecule has 0 fully saturated rings. The largest absolute Gasteiger partial charge is 0.508 e. The third kappa shape index (κ3) is 2.90. The molecule has 74 valence electrons. The SMILES string of the molecule is CC(C)=NNC(=O)c1cccc(O)c1. The van der Waals surface area contributed by atoms with E-state index in [1.807, 2.05) is 0 Å². The monoisotopic (exact) mass is 192 g/mol. The fraction of sp³-hybridized carbons (Fsp3) is 0.200. The third-order valence-electron chi connectivity index (χ3n) is 1.49. The van der Waals surface area contributed by atoms with Crippen molar-refractivity contribution < 1.29 is 9.90 Å². The van der Waals surface area contributed by atoms with E-state index in [1.165, 1.54) is 12.1 Å². The van der Waals surface area contributed by atoms with Crippen molar-refractivity contribution in [1.82, 2.24) is 5.43 Å². The fourth-order valence-electron chi connectivity index (χ4n) is 0.874. The molecule has 0 aliphatic rings. The molecule has 0 radical (unpaired) electrons. The van der Waals surface area contributed by atoms with Crippen LogP contribution in [-0.2, 0) is 0 Å². The Hall–Kier alpha value is -1.84. The number of amides is 1. The summed E-state index contributed by atoms with van der Waals surface area (Å²) in [6.45, 7) is 3.56. The Kier molecular flexibility index (Phi) is 3.23.